The van der Waals surface area contributed by atoms with Gasteiger partial charge in [0.2, 0.25) is 0 Å². The molecule has 16 heavy (non-hydrogen) atoms. The van der Waals surface area contributed by atoms with Crippen molar-refractivity contribution in [3.63, 3.8) is 0 Å². The van der Waals surface area contributed by atoms with Crippen LogP contribution in [0.25, 0.3) is 0 Å². The van der Waals surface area contributed by atoms with Crippen LogP contribution in [0.5, 0.6) is 0 Å². The summed E-state index contributed by atoms with van der Waals surface area (Å²) < 4.78 is 1.12. The van der Waals surface area contributed by atoms with Gasteiger partial charge in [0.05, 0.1) is 12.2 Å². The minimum atomic E-state index is 0.772. The average molecular weight is 280 g/mol. The maximum atomic E-state index is 3.92. The lowest BCUT2D eigenvalue weighted by atomic mass is 10.1. The predicted molar refractivity (Wildman–Crippen MR) is 69.4 cm³/mol. The van der Waals surface area contributed by atoms with Gasteiger partial charge in [-0.25, -0.2) is 0 Å². The van der Waals surface area contributed by atoms with Gasteiger partial charge in [-0.1, -0.05) is 22.9 Å². The second-order valence-corrected chi connectivity index (χ2v) is 4.51. The number of hydrogen-bond acceptors (Lipinski definition) is 2. The zero-order chi connectivity index (χ0) is 11.4. The van der Waals surface area contributed by atoms with Gasteiger partial charge in [0.15, 0.2) is 0 Å². The third-order valence-electron chi connectivity index (χ3n) is 2.48. The first-order chi connectivity index (χ1) is 7.79. The highest BCUT2D eigenvalue weighted by atomic mass is 79.9. The number of benzene rings is 1. The Labute approximate surface area is 103 Å². The maximum absolute atomic E-state index is 3.92. The normalized spacial score (nSPS) is 10.4. The fraction of sp³-hybridized carbons (Fsp3) is 0.250. The monoisotopic (exact) mass is 279 g/mol. The van der Waals surface area contributed by atoms with E-state index in [1.807, 2.05) is 6.07 Å². The molecule has 0 bridgehead atoms. The molecule has 0 fully saturated rings. The van der Waals surface area contributed by atoms with Crippen LogP contribution in [0, 0.1) is 0 Å². The highest BCUT2D eigenvalue weighted by Crippen LogP contribution is 2.21. The predicted octanol–water partition coefficient (Wildman–Crippen LogP) is 3.35. The summed E-state index contributed by atoms with van der Waals surface area (Å²) in [6.07, 6.45) is 2.78. The van der Waals surface area contributed by atoms with Crippen molar-refractivity contribution in [1.29, 1.82) is 0 Å². The first-order valence-corrected chi connectivity index (χ1v) is 6.09. The molecule has 0 amide bonds. The van der Waals surface area contributed by atoms with E-state index in [9.17, 15) is 0 Å². The number of halogens is 1. The fourth-order valence-corrected chi connectivity index (χ4v) is 2.01. The molecular formula is C12H14BrN3. The Morgan fingerprint density at radius 2 is 2.25 bits per heavy atom. The lowest BCUT2D eigenvalue weighted by Crippen LogP contribution is -2.02. The SMILES string of the molecule is CCc1cc(Br)ccc1NCc1ccn[nH]1. The van der Waals surface area contributed by atoms with Crippen molar-refractivity contribution < 1.29 is 0 Å². The summed E-state index contributed by atoms with van der Waals surface area (Å²) >= 11 is 3.48. The molecular weight excluding hydrogens is 266 g/mol. The number of nitrogens with one attached hydrogen (secondary N) is 2. The summed E-state index contributed by atoms with van der Waals surface area (Å²) in [5, 5.41) is 10.3. The molecule has 1 aromatic heterocycles. The number of rotatable bonds is 4. The van der Waals surface area contributed by atoms with E-state index in [-0.39, 0.29) is 0 Å². The zero-order valence-electron chi connectivity index (χ0n) is 9.13. The molecule has 0 unspecified atom stereocenters. The summed E-state index contributed by atoms with van der Waals surface area (Å²) in [7, 11) is 0. The average Bonchev–Trinajstić information content (AvgIpc) is 2.80. The van der Waals surface area contributed by atoms with Gasteiger partial charge in [-0.05, 0) is 36.2 Å². The Kier molecular flexibility index (Phi) is 3.62. The van der Waals surface area contributed by atoms with E-state index in [1.165, 1.54) is 11.3 Å². The molecule has 2 rings (SSSR count). The van der Waals surface area contributed by atoms with Crippen molar-refractivity contribution in [2.75, 3.05) is 5.32 Å². The van der Waals surface area contributed by atoms with Crippen LogP contribution in [0.3, 0.4) is 0 Å². The lowest BCUT2D eigenvalue weighted by Gasteiger charge is -2.10. The molecule has 2 N–H and O–H groups in total. The second kappa shape index (κ2) is 5.16. The van der Waals surface area contributed by atoms with E-state index in [4.69, 9.17) is 0 Å². The largest absolute Gasteiger partial charge is 0.379 e. The number of nitrogens with zero attached hydrogens (tertiary/aromatic N) is 1. The van der Waals surface area contributed by atoms with Gasteiger partial charge < -0.3 is 5.32 Å². The molecule has 0 spiro atoms. The molecule has 4 heteroatoms. The number of aromatic amines is 1. The van der Waals surface area contributed by atoms with Crippen molar-refractivity contribution in [3.05, 3.63) is 46.2 Å². The molecule has 0 aliphatic heterocycles. The molecule has 0 atom stereocenters. The van der Waals surface area contributed by atoms with Crippen molar-refractivity contribution in [3.8, 4) is 0 Å². The number of anilines is 1. The van der Waals surface area contributed by atoms with Crippen LogP contribution in [0.4, 0.5) is 5.69 Å². The van der Waals surface area contributed by atoms with Crippen molar-refractivity contribution >= 4 is 21.6 Å². The molecule has 3 nitrogen and oxygen atoms in total. The molecule has 2 aromatic rings. The molecule has 0 saturated heterocycles. The van der Waals surface area contributed by atoms with E-state index in [1.54, 1.807) is 6.20 Å². The van der Waals surface area contributed by atoms with E-state index >= 15 is 0 Å². The third kappa shape index (κ3) is 2.64. The van der Waals surface area contributed by atoms with Gasteiger partial charge in [-0.3, -0.25) is 5.10 Å². The van der Waals surface area contributed by atoms with Crippen LogP contribution in [0.2, 0.25) is 0 Å². The van der Waals surface area contributed by atoms with Crippen LogP contribution in [0.15, 0.2) is 34.9 Å². The van der Waals surface area contributed by atoms with E-state index < -0.39 is 0 Å². The lowest BCUT2D eigenvalue weighted by molar-refractivity contribution is 0.976. The Balaban J connectivity index is 2.09. The molecule has 1 heterocycles. The number of aromatic nitrogens is 2. The standard InChI is InChI=1S/C12H14BrN3/c1-2-9-7-10(13)3-4-12(9)14-8-11-5-6-15-16-11/h3-7,14H,2,8H2,1H3,(H,15,16). The number of hydrogen-bond donors (Lipinski definition) is 2. The maximum Gasteiger partial charge on any atom is 0.0567 e. The summed E-state index contributed by atoms with van der Waals surface area (Å²) in [4.78, 5) is 0. The number of aryl methyl sites for hydroxylation is 1. The van der Waals surface area contributed by atoms with E-state index in [2.05, 4.69) is 56.6 Å². The van der Waals surface area contributed by atoms with Crippen LogP contribution in [0.1, 0.15) is 18.2 Å². The summed E-state index contributed by atoms with van der Waals surface area (Å²) in [5.41, 5.74) is 3.58. The van der Waals surface area contributed by atoms with Crippen molar-refractivity contribution in [2.24, 2.45) is 0 Å². The minimum absolute atomic E-state index is 0.772. The highest BCUT2D eigenvalue weighted by molar-refractivity contribution is 9.10. The van der Waals surface area contributed by atoms with Crippen molar-refractivity contribution in [1.82, 2.24) is 10.2 Å². The summed E-state index contributed by atoms with van der Waals surface area (Å²) in [6, 6.07) is 8.26. The van der Waals surface area contributed by atoms with Gasteiger partial charge in [0.1, 0.15) is 0 Å². The molecule has 0 aliphatic carbocycles. The van der Waals surface area contributed by atoms with Gasteiger partial charge in [-0.2, -0.15) is 5.10 Å². The quantitative estimate of drug-likeness (QED) is 0.901. The molecule has 1 aromatic carbocycles. The minimum Gasteiger partial charge on any atom is -0.379 e. The smallest absolute Gasteiger partial charge is 0.0567 e. The van der Waals surface area contributed by atoms with Gasteiger partial charge >= 0.3 is 0 Å². The first kappa shape index (κ1) is 11.2. The summed E-state index contributed by atoms with van der Waals surface area (Å²) in [6.45, 7) is 2.93. The van der Waals surface area contributed by atoms with Gasteiger partial charge in [0.25, 0.3) is 0 Å². The van der Waals surface area contributed by atoms with E-state index in [0.717, 1.165) is 23.1 Å². The van der Waals surface area contributed by atoms with Crippen LogP contribution >= 0.6 is 15.9 Å². The van der Waals surface area contributed by atoms with Crippen LogP contribution in [-0.2, 0) is 13.0 Å². The zero-order valence-corrected chi connectivity index (χ0v) is 10.7. The van der Waals surface area contributed by atoms with E-state index in [0.29, 0.717) is 0 Å². The Hall–Kier alpha value is -1.29. The Morgan fingerprint density at radius 1 is 1.38 bits per heavy atom. The van der Waals surface area contributed by atoms with Gasteiger partial charge in [0, 0.05) is 16.4 Å². The molecule has 84 valence electrons. The topological polar surface area (TPSA) is 40.7 Å². The van der Waals surface area contributed by atoms with Crippen LogP contribution in [-0.4, -0.2) is 10.2 Å². The highest BCUT2D eigenvalue weighted by Gasteiger charge is 2.01. The molecule has 0 saturated carbocycles. The molecule has 0 radical (unpaired) electrons. The van der Waals surface area contributed by atoms with Crippen molar-refractivity contribution in [2.45, 2.75) is 19.9 Å². The molecule has 0 aliphatic rings. The Bertz CT molecular complexity index is 451. The third-order valence-corrected chi connectivity index (χ3v) is 2.97. The second-order valence-electron chi connectivity index (χ2n) is 3.59. The Morgan fingerprint density at radius 3 is 2.94 bits per heavy atom. The first-order valence-electron chi connectivity index (χ1n) is 5.30. The summed E-state index contributed by atoms with van der Waals surface area (Å²) in [5.74, 6) is 0. The van der Waals surface area contributed by atoms with Crippen LogP contribution < -0.4 is 5.32 Å². The fourth-order valence-electron chi connectivity index (χ4n) is 1.60. The number of H-pyrrole nitrogens is 1. The van der Waals surface area contributed by atoms with Gasteiger partial charge in [-0.15, -0.1) is 0 Å².